The fourth-order valence-corrected chi connectivity index (χ4v) is 3.11. The van der Waals surface area contributed by atoms with E-state index < -0.39 is 0 Å². The van der Waals surface area contributed by atoms with Crippen molar-refractivity contribution in [3.63, 3.8) is 0 Å². The zero-order valence-corrected chi connectivity index (χ0v) is 9.98. The Morgan fingerprint density at radius 2 is 2.47 bits per heavy atom. The Hall–Kier alpha value is -1.93. The second kappa shape index (κ2) is 3.55. The van der Waals surface area contributed by atoms with Crippen LogP contribution in [-0.4, -0.2) is 37.8 Å². The molecule has 1 aliphatic heterocycles. The van der Waals surface area contributed by atoms with Gasteiger partial charge < -0.3 is 15.6 Å². The summed E-state index contributed by atoms with van der Waals surface area (Å²) in [5.74, 6) is 0.996. The Morgan fingerprint density at radius 3 is 3.21 bits per heavy atom. The monoisotopic (exact) mass is 263 g/mol. The van der Waals surface area contributed by atoms with Gasteiger partial charge in [0.05, 0.1) is 12.9 Å². The molecule has 1 saturated carbocycles. The molecule has 0 radical (unpaired) electrons. The maximum absolute atomic E-state index is 11.7. The van der Waals surface area contributed by atoms with Gasteiger partial charge in [0.1, 0.15) is 6.23 Å². The highest BCUT2D eigenvalue weighted by atomic mass is 16.5. The first kappa shape index (κ1) is 10.9. The molecule has 0 bridgehead atoms. The van der Waals surface area contributed by atoms with Crippen molar-refractivity contribution in [1.29, 1.82) is 0 Å². The number of imidazole rings is 1. The molecule has 4 N–H and O–H groups in total. The molecule has 2 aromatic heterocycles. The second-order valence-corrected chi connectivity index (χ2v) is 5.09. The number of aromatic amines is 1. The van der Waals surface area contributed by atoms with E-state index in [1.165, 1.54) is 0 Å². The third kappa shape index (κ3) is 1.38. The van der Waals surface area contributed by atoms with Gasteiger partial charge in [-0.05, 0) is 11.8 Å². The number of H-pyrrole nitrogens is 1. The summed E-state index contributed by atoms with van der Waals surface area (Å²) in [6, 6.07) is 0. The van der Waals surface area contributed by atoms with Gasteiger partial charge in [0.15, 0.2) is 11.2 Å². The topological polar surface area (TPSA) is 119 Å². The lowest BCUT2D eigenvalue weighted by atomic mass is 10.3. The molecule has 2 fully saturated rings. The number of hydrogen-bond acceptors (Lipinski definition) is 6. The number of anilines is 1. The van der Waals surface area contributed by atoms with Crippen LogP contribution < -0.4 is 11.3 Å². The minimum atomic E-state index is -0.356. The number of aliphatic hydroxyl groups is 1. The zero-order valence-electron chi connectivity index (χ0n) is 9.98. The molecule has 8 heteroatoms. The summed E-state index contributed by atoms with van der Waals surface area (Å²) in [4.78, 5) is 22.3. The van der Waals surface area contributed by atoms with Crippen molar-refractivity contribution in [2.24, 2.45) is 17.8 Å². The quantitative estimate of drug-likeness (QED) is 0.645. The molecule has 4 rings (SSSR count). The molecule has 0 amide bonds. The van der Waals surface area contributed by atoms with Gasteiger partial charge in [-0.25, -0.2) is 4.98 Å². The van der Waals surface area contributed by atoms with Crippen LogP contribution in [0.25, 0.3) is 11.2 Å². The van der Waals surface area contributed by atoms with E-state index in [2.05, 4.69) is 15.0 Å². The number of nitrogens with one attached hydrogen (secondary N) is 1. The van der Waals surface area contributed by atoms with Gasteiger partial charge >= 0.3 is 0 Å². The predicted molar refractivity (Wildman–Crippen MR) is 65.1 cm³/mol. The summed E-state index contributed by atoms with van der Waals surface area (Å²) >= 11 is 0. The fourth-order valence-electron chi connectivity index (χ4n) is 3.11. The van der Waals surface area contributed by atoms with E-state index in [1.807, 2.05) is 0 Å². The van der Waals surface area contributed by atoms with E-state index in [0.29, 0.717) is 18.2 Å². The second-order valence-electron chi connectivity index (χ2n) is 5.09. The predicted octanol–water partition coefficient (Wildman–Crippen LogP) is -0.915. The summed E-state index contributed by atoms with van der Waals surface area (Å²) in [6.45, 7) is 0.789. The standard InChI is InChI=1S/C11H13N5O3/c12-11-14-8-7(9(18)15-11)13-3-16(8)10-6-4(1-17)5(6)2-19-10/h3-6,10,17H,1-2H2,(H3,12,14,15,18)/t4-,5+,6-,10-/m0/s1. The summed E-state index contributed by atoms with van der Waals surface area (Å²) in [6.07, 6.45) is 1.33. The van der Waals surface area contributed by atoms with Crippen molar-refractivity contribution < 1.29 is 9.84 Å². The van der Waals surface area contributed by atoms with Crippen LogP contribution >= 0.6 is 0 Å². The highest BCUT2D eigenvalue weighted by Crippen LogP contribution is 2.58. The third-order valence-corrected chi connectivity index (χ3v) is 4.12. The first-order chi connectivity index (χ1) is 9.20. The Bertz CT molecular complexity index is 704. The number of nitrogens with two attached hydrogens (primary N) is 1. The van der Waals surface area contributed by atoms with E-state index in [9.17, 15) is 9.90 Å². The molecule has 19 heavy (non-hydrogen) atoms. The number of rotatable bonds is 2. The van der Waals surface area contributed by atoms with E-state index in [0.717, 1.165) is 0 Å². The molecule has 3 heterocycles. The van der Waals surface area contributed by atoms with Crippen LogP contribution in [-0.2, 0) is 4.74 Å². The molecule has 2 aromatic rings. The van der Waals surface area contributed by atoms with Crippen molar-refractivity contribution in [3.8, 4) is 0 Å². The average Bonchev–Trinajstić information content (AvgIpc) is 2.71. The van der Waals surface area contributed by atoms with Gasteiger partial charge in [0.2, 0.25) is 5.95 Å². The first-order valence-corrected chi connectivity index (χ1v) is 6.15. The lowest BCUT2D eigenvalue weighted by molar-refractivity contribution is 0.0121. The van der Waals surface area contributed by atoms with Crippen molar-refractivity contribution in [1.82, 2.24) is 19.5 Å². The van der Waals surface area contributed by atoms with Crippen LogP contribution in [0.5, 0.6) is 0 Å². The van der Waals surface area contributed by atoms with Crippen LogP contribution in [0, 0.1) is 17.8 Å². The molecule has 0 unspecified atom stereocenters. The number of aliphatic hydroxyl groups excluding tert-OH is 1. The maximum Gasteiger partial charge on any atom is 0.280 e. The molecule has 8 nitrogen and oxygen atoms in total. The molecular weight excluding hydrogens is 250 g/mol. The van der Waals surface area contributed by atoms with E-state index in [-0.39, 0.29) is 41.7 Å². The van der Waals surface area contributed by atoms with Crippen molar-refractivity contribution in [2.75, 3.05) is 18.9 Å². The lowest BCUT2D eigenvalue weighted by Crippen LogP contribution is -2.17. The van der Waals surface area contributed by atoms with E-state index >= 15 is 0 Å². The molecular formula is C11H13N5O3. The number of aromatic nitrogens is 4. The summed E-state index contributed by atoms with van der Waals surface area (Å²) in [5.41, 5.74) is 5.88. The highest BCUT2D eigenvalue weighted by molar-refractivity contribution is 5.70. The molecule has 2 aliphatic rings. The Morgan fingerprint density at radius 1 is 1.63 bits per heavy atom. The van der Waals surface area contributed by atoms with Crippen LogP contribution in [0.1, 0.15) is 6.23 Å². The van der Waals surface area contributed by atoms with Crippen molar-refractivity contribution >= 4 is 17.1 Å². The summed E-state index contributed by atoms with van der Waals surface area (Å²) in [5, 5.41) is 9.26. The van der Waals surface area contributed by atoms with Gasteiger partial charge in [-0.2, -0.15) is 4.98 Å². The van der Waals surface area contributed by atoms with Gasteiger partial charge in [0.25, 0.3) is 5.56 Å². The minimum absolute atomic E-state index is 0.0586. The molecule has 0 aromatic carbocycles. The average molecular weight is 263 g/mol. The van der Waals surface area contributed by atoms with E-state index in [1.54, 1.807) is 10.9 Å². The Kier molecular flexibility index (Phi) is 2.04. The number of fused-ring (bicyclic) bond motifs is 2. The summed E-state index contributed by atoms with van der Waals surface area (Å²) < 4.78 is 7.44. The minimum Gasteiger partial charge on any atom is -0.396 e. The van der Waals surface area contributed by atoms with E-state index in [4.69, 9.17) is 10.5 Å². The van der Waals surface area contributed by atoms with Crippen LogP contribution in [0.3, 0.4) is 0 Å². The maximum atomic E-state index is 11.7. The zero-order chi connectivity index (χ0) is 13.1. The fraction of sp³-hybridized carbons (Fsp3) is 0.545. The molecule has 1 saturated heterocycles. The Labute approximate surface area is 107 Å². The SMILES string of the molecule is Nc1nc2c(ncn2[C@H]2OC[C@@H]3[C@H](CO)[C@@H]32)c(=O)[nH]1. The summed E-state index contributed by atoms with van der Waals surface area (Å²) in [7, 11) is 0. The molecule has 100 valence electrons. The largest absolute Gasteiger partial charge is 0.396 e. The van der Waals surface area contributed by atoms with Gasteiger partial charge in [-0.3, -0.25) is 14.3 Å². The number of ether oxygens (including phenoxy) is 1. The number of nitrogen functional groups attached to an aromatic ring is 1. The van der Waals surface area contributed by atoms with Crippen molar-refractivity contribution in [2.45, 2.75) is 6.23 Å². The van der Waals surface area contributed by atoms with Crippen LogP contribution in [0.4, 0.5) is 5.95 Å². The highest BCUT2D eigenvalue weighted by Gasteiger charge is 2.59. The molecule has 0 spiro atoms. The van der Waals surface area contributed by atoms with Gasteiger partial charge in [-0.15, -0.1) is 0 Å². The van der Waals surface area contributed by atoms with Crippen LogP contribution in [0.2, 0.25) is 0 Å². The van der Waals surface area contributed by atoms with Gasteiger partial charge in [-0.1, -0.05) is 0 Å². The number of nitrogens with zero attached hydrogens (tertiary/aromatic N) is 3. The van der Waals surface area contributed by atoms with Crippen molar-refractivity contribution in [3.05, 3.63) is 16.7 Å². The molecule has 4 atom stereocenters. The lowest BCUT2D eigenvalue weighted by Gasteiger charge is -2.16. The third-order valence-electron chi connectivity index (χ3n) is 4.12. The van der Waals surface area contributed by atoms with Gasteiger partial charge in [0, 0.05) is 12.5 Å². The Balaban J connectivity index is 1.82. The molecule has 1 aliphatic carbocycles. The normalized spacial score (nSPS) is 32.7. The number of hydrogen-bond donors (Lipinski definition) is 3. The first-order valence-electron chi connectivity index (χ1n) is 6.15. The van der Waals surface area contributed by atoms with Crippen LogP contribution in [0.15, 0.2) is 11.1 Å². The smallest absolute Gasteiger partial charge is 0.280 e.